The van der Waals surface area contributed by atoms with Crippen molar-refractivity contribution in [2.75, 3.05) is 13.1 Å². The van der Waals surface area contributed by atoms with Crippen molar-refractivity contribution in [1.29, 1.82) is 0 Å². The zero-order valence-electron chi connectivity index (χ0n) is 12.1. The van der Waals surface area contributed by atoms with Crippen molar-refractivity contribution in [1.82, 2.24) is 4.90 Å². The number of nitrogens with zero attached hydrogens (tertiary/aromatic N) is 1. The molecule has 0 saturated carbocycles. The van der Waals surface area contributed by atoms with Gasteiger partial charge in [0, 0.05) is 31.5 Å². The summed E-state index contributed by atoms with van der Waals surface area (Å²) >= 11 is 0. The van der Waals surface area contributed by atoms with Gasteiger partial charge < -0.3 is 14.4 Å². The van der Waals surface area contributed by atoms with Crippen molar-refractivity contribution >= 4 is 17.4 Å². The number of hydrogen-bond donors (Lipinski definition) is 1. The number of carboxylic acids is 1. The molecule has 2 heterocycles. The molecule has 114 valence electrons. The summed E-state index contributed by atoms with van der Waals surface area (Å²) in [6.45, 7) is 1.35. The molecule has 1 aliphatic rings. The van der Waals surface area contributed by atoms with Crippen molar-refractivity contribution in [2.24, 2.45) is 0 Å². The van der Waals surface area contributed by atoms with Gasteiger partial charge in [0.25, 0.3) is 0 Å². The summed E-state index contributed by atoms with van der Waals surface area (Å²) in [4.78, 5) is 24.4. The predicted octanol–water partition coefficient (Wildman–Crippen LogP) is 2.93. The van der Waals surface area contributed by atoms with Gasteiger partial charge in [-0.2, -0.15) is 0 Å². The van der Waals surface area contributed by atoms with Crippen LogP contribution < -0.4 is 0 Å². The number of carbonyl (C=O) groups excluding carboxylic acids is 1. The van der Waals surface area contributed by atoms with Gasteiger partial charge in [0.2, 0.25) is 5.91 Å². The van der Waals surface area contributed by atoms with Gasteiger partial charge in [0.1, 0.15) is 5.76 Å². The molecule has 0 saturated heterocycles. The lowest BCUT2D eigenvalue weighted by molar-refractivity contribution is -0.137. The smallest absolute Gasteiger partial charge is 0.303 e. The van der Waals surface area contributed by atoms with E-state index in [0.717, 1.165) is 37.1 Å². The van der Waals surface area contributed by atoms with Crippen molar-refractivity contribution < 1.29 is 19.1 Å². The van der Waals surface area contributed by atoms with Gasteiger partial charge in [0.05, 0.1) is 6.26 Å². The van der Waals surface area contributed by atoms with E-state index < -0.39 is 5.97 Å². The van der Waals surface area contributed by atoms with Crippen LogP contribution in [-0.4, -0.2) is 35.0 Å². The lowest BCUT2D eigenvalue weighted by Crippen LogP contribution is -2.35. The minimum absolute atomic E-state index is 0.141. The van der Waals surface area contributed by atoms with Crippen molar-refractivity contribution in [3.05, 3.63) is 30.2 Å². The first-order valence-electron chi connectivity index (χ1n) is 7.39. The number of hydrogen-bond acceptors (Lipinski definition) is 3. The quantitative estimate of drug-likeness (QED) is 0.784. The zero-order chi connectivity index (χ0) is 15.1. The molecule has 21 heavy (non-hydrogen) atoms. The minimum atomic E-state index is -0.773. The molecular weight excluding hydrogens is 270 g/mol. The fraction of sp³-hybridized carbons (Fsp3) is 0.500. The van der Waals surface area contributed by atoms with Crippen LogP contribution in [0.2, 0.25) is 0 Å². The Bertz CT molecular complexity index is 504. The molecule has 0 aliphatic carbocycles. The standard InChI is InChI=1S/C16H21NO4/c18-15(8-2-1-3-9-16(19)20)17-10-4-6-13(12-17)14-7-5-11-21-14/h5-7,11H,1-4,8-10,12H2,(H,19,20). The SMILES string of the molecule is O=C(O)CCCCCC(=O)N1CCC=C(c2ccco2)C1. The Morgan fingerprint density at radius 3 is 2.76 bits per heavy atom. The predicted molar refractivity (Wildman–Crippen MR) is 78.6 cm³/mol. The number of furan rings is 1. The Morgan fingerprint density at radius 2 is 2.05 bits per heavy atom. The van der Waals surface area contributed by atoms with E-state index in [2.05, 4.69) is 6.08 Å². The molecule has 5 heteroatoms. The molecule has 0 aromatic carbocycles. The van der Waals surface area contributed by atoms with Crippen LogP contribution in [0.5, 0.6) is 0 Å². The largest absolute Gasteiger partial charge is 0.481 e. The van der Waals surface area contributed by atoms with Crippen LogP contribution in [0, 0.1) is 0 Å². The van der Waals surface area contributed by atoms with Gasteiger partial charge in [-0.3, -0.25) is 9.59 Å². The first-order chi connectivity index (χ1) is 10.2. The number of rotatable bonds is 7. The van der Waals surface area contributed by atoms with E-state index in [4.69, 9.17) is 9.52 Å². The first-order valence-corrected chi connectivity index (χ1v) is 7.39. The molecule has 1 aromatic heterocycles. The average molecular weight is 291 g/mol. The van der Waals surface area contributed by atoms with E-state index in [9.17, 15) is 9.59 Å². The average Bonchev–Trinajstić information content (AvgIpc) is 3.01. The van der Waals surface area contributed by atoms with Crippen LogP contribution in [0.1, 0.15) is 44.3 Å². The van der Waals surface area contributed by atoms with Crippen molar-refractivity contribution in [3.8, 4) is 0 Å². The highest BCUT2D eigenvalue weighted by Gasteiger charge is 2.19. The van der Waals surface area contributed by atoms with E-state index in [1.165, 1.54) is 0 Å². The van der Waals surface area contributed by atoms with Crippen LogP contribution in [0.15, 0.2) is 28.9 Å². The maximum Gasteiger partial charge on any atom is 0.303 e. The molecule has 0 spiro atoms. The van der Waals surface area contributed by atoms with Gasteiger partial charge in [-0.25, -0.2) is 0 Å². The third-order valence-electron chi connectivity index (χ3n) is 3.62. The minimum Gasteiger partial charge on any atom is -0.481 e. The molecule has 1 aromatic rings. The van der Waals surface area contributed by atoms with Crippen LogP contribution in [0.3, 0.4) is 0 Å². The third-order valence-corrected chi connectivity index (χ3v) is 3.62. The molecule has 5 nitrogen and oxygen atoms in total. The molecule has 1 amide bonds. The third kappa shape index (κ3) is 4.77. The van der Waals surface area contributed by atoms with Gasteiger partial charge >= 0.3 is 5.97 Å². The second kappa shape index (κ2) is 7.67. The van der Waals surface area contributed by atoms with Crippen LogP contribution in [0.25, 0.3) is 5.57 Å². The molecule has 2 rings (SSSR count). The fourth-order valence-corrected chi connectivity index (χ4v) is 2.48. The number of aliphatic carboxylic acids is 1. The van der Waals surface area contributed by atoms with Crippen LogP contribution >= 0.6 is 0 Å². The number of carboxylic acid groups (broad SMARTS) is 1. The van der Waals surface area contributed by atoms with Crippen molar-refractivity contribution in [3.63, 3.8) is 0 Å². The summed E-state index contributed by atoms with van der Waals surface area (Å²) in [5.74, 6) is 0.196. The molecule has 1 aliphatic heterocycles. The molecule has 0 bridgehead atoms. The number of unbranched alkanes of at least 4 members (excludes halogenated alkanes) is 2. The summed E-state index contributed by atoms with van der Waals surface area (Å²) in [6, 6.07) is 3.76. The summed E-state index contributed by atoms with van der Waals surface area (Å²) in [7, 11) is 0. The fourth-order valence-electron chi connectivity index (χ4n) is 2.48. The summed E-state index contributed by atoms with van der Waals surface area (Å²) in [5.41, 5.74) is 1.06. The Labute approximate surface area is 124 Å². The van der Waals surface area contributed by atoms with E-state index in [1.807, 2.05) is 17.0 Å². The molecular formula is C16H21NO4. The molecule has 0 unspecified atom stereocenters. The van der Waals surface area contributed by atoms with E-state index >= 15 is 0 Å². The summed E-state index contributed by atoms with van der Waals surface area (Å²) in [6.07, 6.45) is 7.46. The van der Waals surface area contributed by atoms with Gasteiger partial charge in [-0.1, -0.05) is 12.5 Å². The Hall–Kier alpha value is -2.04. The zero-order valence-corrected chi connectivity index (χ0v) is 12.1. The highest BCUT2D eigenvalue weighted by molar-refractivity contribution is 5.79. The number of amides is 1. The second-order valence-corrected chi connectivity index (χ2v) is 5.27. The highest BCUT2D eigenvalue weighted by atomic mass is 16.4. The first kappa shape index (κ1) is 15.4. The molecule has 0 fully saturated rings. The molecule has 0 radical (unpaired) electrons. The van der Waals surface area contributed by atoms with Crippen LogP contribution in [-0.2, 0) is 9.59 Å². The van der Waals surface area contributed by atoms with Gasteiger partial charge in [0.15, 0.2) is 0 Å². The summed E-state index contributed by atoms with van der Waals surface area (Å²) in [5, 5.41) is 8.56. The Morgan fingerprint density at radius 1 is 1.24 bits per heavy atom. The maximum absolute atomic E-state index is 12.2. The lowest BCUT2D eigenvalue weighted by Gasteiger charge is -2.26. The van der Waals surface area contributed by atoms with Gasteiger partial charge in [-0.05, 0) is 31.4 Å². The topological polar surface area (TPSA) is 70.8 Å². The van der Waals surface area contributed by atoms with E-state index in [1.54, 1.807) is 6.26 Å². The molecule has 1 N–H and O–H groups in total. The second-order valence-electron chi connectivity index (χ2n) is 5.27. The molecule has 0 atom stereocenters. The highest BCUT2D eigenvalue weighted by Crippen LogP contribution is 2.21. The van der Waals surface area contributed by atoms with Gasteiger partial charge in [-0.15, -0.1) is 0 Å². The van der Waals surface area contributed by atoms with E-state index in [-0.39, 0.29) is 12.3 Å². The summed E-state index contributed by atoms with van der Waals surface area (Å²) < 4.78 is 5.37. The lowest BCUT2D eigenvalue weighted by atomic mass is 10.1. The monoisotopic (exact) mass is 291 g/mol. The van der Waals surface area contributed by atoms with Crippen LogP contribution in [0.4, 0.5) is 0 Å². The van der Waals surface area contributed by atoms with Crippen molar-refractivity contribution in [2.45, 2.75) is 38.5 Å². The Kier molecular flexibility index (Phi) is 5.60. The maximum atomic E-state index is 12.2. The number of carbonyl (C=O) groups is 2. The van der Waals surface area contributed by atoms with E-state index in [0.29, 0.717) is 19.4 Å². The normalized spacial score (nSPS) is 14.9. The Balaban J connectivity index is 1.73.